The largest absolute Gasteiger partial charge is 0.469 e. The summed E-state index contributed by atoms with van der Waals surface area (Å²) >= 11 is 0. The van der Waals surface area contributed by atoms with Crippen molar-refractivity contribution in [3.05, 3.63) is 59.0 Å². The fourth-order valence-corrected chi connectivity index (χ4v) is 2.84. The van der Waals surface area contributed by atoms with Crippen LogP contribution >= 0.6 is 0 Å². The van der Waals surface area contributed by atoms with Crippen LogP contribution in [0.1, 0.15) is 53.7 Å². The summed E-state index contributed by atoms with van der Waals surface area (Å²) in [7, 11) is 1.99. The molecule has 1 fully saturated rings. The molecule has 1 saturated carbocycles. The van der Waals surface area contributed by atoms with Crippen molar-refractivity contribution in [2.75, 3.05) is 7.05 Å². The number of benzene rings is 1. The fourth-order valence-electron chi connectivity index (χ4n) is 2.84. The third-order valence-electron chi connectivity index (χ3n) is 4.22. The molecule has 3 rings (SSSR count). The Kier molecular flexibility index (Phi) is 3.43. The predicted octanol–water partition coefficient (Wildman–Crippen LogP) is 4.16. The van der Waals surface area contributed by atoms with Gasteiger partial charge in [0.1, 0.15) is 5.76 Å². The SMILES string of the molecule is CNC(c1ccc(C2CCC2)cc1)c1coc(C)c1. The van der Waals surface area contributed by atoms with Gasteiger partial charge in [0.05, 0.1) is 12.3 Å². The number of aryl methyl sites for hydroxylation is 1. The molecule has 0 bridgehead atoms. The standard InChI is InChI=1S/C17H21NO/c1-12-10-16(11-19-12)17(18-2)15-8-6-14(7-9-15)13-4-3-5-13/h6-11,13,17-18H,3-5H2,1-2H3. The van der Waals surface area contributed by atoms with Gasteiger partial charge < -0.3 is 9.73 Å². The van der Waals surface area contributed by atoms with Crippen LogP contribution in [0.3, 0.4) is 0 Å². The van der Waals surface area contributed by atoms with Gasteiger partial charge in [-0.3, -0.25) is 0 Å². The van der Waals surface area contributed by atoms with Crippen LogP contribution in [0, 0.1) is 6.92 Å². The van der Waals surface area contributed by atoms with Crippen molar-refractivity contribution in [1.29, 1.82) is 0 Å². The lowest BCUT2D eigenvalue weighted by Gasteiger charge is -2.26. The maximum Gasteiger partial charge on any atom is 0.101 e. The minimum Gasteiger partial charge on any atom is -0.469 e. The molecule has 1 aromatic carbocycles. The first-order valence-electron chi connectivity index (χ1n) is 7.10. The second kappa shape index (κ2) is 5.22. The van der Waals surface area contributed by atoms with Gasteiger partial charge in [-0.1, -0.05) is 30.7 Å². The number of hydrogen-bond acceptors (Lipinski definition) is 2. The van der Waals surface area contributed by atoms with E-state index in [1.54, 1.807) is 0 Å². The van der Waals surface area contributed by atoms with Crippen molar-refractivity contribution in [3.8, 4) is 0 Å². The van der Waals surface area contributed by atoms with Crippen LogP contribution in [-0.2, 0) is 0 Å². The average Bonchev–Trinajstić information content (AvgIpc) is 2.77. The summed E-state index contributed by atoms with van der Waals surface area (Å²) in [5.41, 5.74) is 3.98. The summed E-state index contributed by atoms with van der Waals surface area (Å²) in [5.74, 6) is 1.76. The molecule has 2 nitrogen and oxygen atoms in total. The highest BCUT2D eigenvalue weighted by molar-refractivity contribution is 5.34. The van der Waals surface area contributed by atoms with Crippen LogP contribution in [0.2, 0.25) is 0 Å². The highest BCUT2D eigenvalue weighted by atomic mass is 16.3. The molecule has 1 atom stereocenters. The van der Waals surface area contributed by atoms with Crippen LogP contribution in [0.25, 0.3) is 0 Å². The molecule has 0 spiro atoms. The van der Waals surface area contributed by atoms with E-state index >= 15 is 0 Å². The summed E-state index contributed by atoms with van der Waals surface area (Å²) in [5, 5.41) is 3.36. The molecule has 1 unspecified atom stereocenters. The van der Waals surface area contributed by atoms with Crippen LogP contribution < -0.4 is 5.32 Å². The first-order valence-corrected chi connectivity index (χ1v) is 7.10. The normalized spacial score (nSPS) is 17.2. The van der Waals surface area contributed by atoms with E-state index in [2.05, 4.69) is 35.6 Å². The van der Waals surface area contributed by atoms with E-state index in [1.807, 2.05) is 20.2 Å². The lowest BCUT2D eigenvalue weighted by molar-refractivity contribution is 0.419. The van der Waals surface area contributed by atoms with Crippen molar-refractivity contribution in [1.82, 2.24) is 5.32 Å². The van der Waals surface area contributed by atoms with Crippen LogP contribution in [0.5, 0.6) is 0 Å². The highest BCUT2D eigenvalue weighted by Gasteiger charge is 2.20. The van der Waals surface area contributed by atoms with E-state index in [4.69, 9.17) is 4.42 Å². The third-order valence-corrected chi connectivity index (χ3v) is 4.22. The fraction of sp³-hybridized carbons (Fsp3) is 0.412. The van der Waals surface area contributed by atoms with Crippen LogP contribution in [-0.4, -0.2) is 7.05 Å². The first-order chi connectivity index (χ1) is 9.28. The second-order valence-electron chi connectivity index (χ2n) is 5.51. The molecule has 1 aliphatic carbocycles. The molecule has 1 aromatic heterocycles. The third kappa shape index (κ3) is 2.45. The maximum atomic E-state index is 5.42. The monoisotopic (exact) mass is 255 g/mol. The van der Waals surface area contributed by atoms with Gasteiger partial charge in [-0.15, -0.1) is 0 Å². The predicted molar refractivity (Wildman–Crippen MR) is 77.4 cm³/mol. The number of nitrogens with one attached hydrogen (secondary N) is 1. The molecule has 1 N–H and O–H groups in total. The Morgan fingerprint density at radius 3 is 2.37 bits per heavy atom. The topological polar surface area (TPSA) is 25.2 Å². The quantitative estimate of drug-likeness (QED) is 0.887. The van der Waals surface area contributed by atoms with Gasteiger partial charge in [0.2, 0.25) is 0 Å². The Hall–Kier alpha value is -1.54. The minimum absolute atomic E-state index is 0.216. The number of hydrogen-bond donors (Lipinski definition) is 1. The van der Waals surface area contributed by atoms with Crippen molar-refractivity contribution in [2.24, 2.45) is 0 Å². The number of furan rings is 1. The molecule has 19 heavy (non-hydrogen) atoms. The molecule has 2 heteroatoms. The van der Waals surface area contributed by atoms with E-state index in [1.165, 1.54) is 36.0 Å². The second-order valence-corrected chi connectivity index (χ2v) is 5.51. The lowest BCUT2D eigenvalue weighted by atomic mass is 9.79. The number of rotatable bonds is 4. The molecule has 2 aromatic rings. The zero-order valence-electron chi connectivity index (χ0n) is 11.6. The Morgan fingerprint density at radius 1 is 1.16 bits per heavy atom. The molecule has 0 saturated heterocycles. The van der Waals surface area contributed by atoms with E-state index in [-0.39, 0.29) is 6.04 Å². The lowest BCUT2D eigenvalue weighted by Crippen LogP contribution is -2.17. The maximum absolute atomic E-state index is 5.42. The molecular weight excluding hydrogens is 234 g/mol. The molecule has 100 valence electrons. The van der Waals surface area contributed by atoms with Crippen molar-refractivity contribution >= 4 is 0 Å². The highest BCUT2D eigenvalue weighted by Crippen LogP contribution is 2.36. The Labute approximate surface area is 114 Å². The molecule has 1 aliphatic rings. The molecule has 0 aliphatic heterocycles. The smallest absolute Gasteiger partial charge is 0.101 e. The van der Waals surface area contributed by atoms with E-state index < -0.39 is 0 Å². The van der Waals surface area contributed by atoms with E-state index in [9.17, 15) is 0 Å². The van der Waals surface area contributed by atoms with Gasteiger partial charge in [0, 0.05) is 5.56 Å². The minimum atomic E-state index is 0.216. The summed E-state index contributed by atoms with van der Waals surface area (Å²) in [6.45, 7) is 1.98. The summed E-state index contributed by atoms with van der Waals surface area (Å²) in [4.78, 5) is 0. The summed E-state index contributed by atoms with van der Waals surface area (Å²) in [6, 6.07) is 11.4. The van der Waals surface area contributed by atoms with Gasteiger partial charge in [0.25, 0.3) is 0 Å². The zero-order chi connectivity index (χ0) is 13.2. The average molecular weight is 255 g/mol. The Morgan fingerprint density at radius 2 is 1.89 bits per heavy atom. The summed E-state index contributed by atoms with van der Waals surface area (Å²) in [6.07, 6.45) is 5.95. The van der Waals surface area contributed by atoms with Gasteiger partial charge in [0.15, 0.2) is 0 Å². The van der Waals surface area contributed by atoms with E-state index in [0.717, 1.165) is 11.7 Å². The van der Waals surface area contributed by atoms with Gasteiger partial charge in [-0.05, 0) is 49.9 Å². The molecule has 0 amide bonds. The van der Waals surface area contributed by atoms with Crippen molar-refractivity contribution in [3.63, 3.8) is 0 Å². The van der Waals surface area contributed by atoms with Crippen molar-refractivity contribution < 1.29 is 4.42 Å². The van der Waals surface area contributed by atoms with E-state index in [0.29, 0.717) is 0 Å². The van der Waals surface area contributed by atoms with Crippen LogP contribution in [0.4, 0.5) is 0 Å². The molecule has 0 radical (unpaired) electrons. The summed E-state index contributed by atoms with van der Waals surface area (Å²) < 4.78 is 5.42. The Bertz CT molecular complexity index is 537. The van der Waals surface area contributed by atoms with Gasteiger partial charge in [-0.2, -0.15) is 0 Å². The van der Waals surface area contributed by atoms with Gasteiger partial charge in [-0.25, -0.2) is 0 Å². The van der Waals surface area contributed by atoms with Crippen molar-refractivity contribution in [2.45, 2.75) is 38.1 Å². The Balaban J connectivity index is 1.83. The molecular formula is C17H21NO. The van der Waals surface area contributed by atoms with Crippen LogP contribution in [0.15, 0.2) is 41.0 Å². The molecule has 1 heterocycles. The zero-order valence-corrected chi connectivity index (χ0v) is 11.6. The first kappa shape index (κ1) is 12.5. The van der Waals surface area contributed by atoms with Gasteiger partial charge >= 0.3 is 0 Å².